The van der Waals surface area contributed by atoms with Gasteiger partial charge in [-0.05, 0) is 0 Å². The van der Waals surface area contributed by atoms with Gasteiger partial charge in [0.25, 0.3) is 0 Å². The first-order valence-electron chi connectivity index (χ1n) is 7.03. The Morgan fingerprint density at radius 1 is 1.20 bits per heavy atom. The lowest BCUT2D eigenvalue weighted by Crippen LogP contribution is -2.51. The van der Waals surface area contributed by atoms with Crippen molar-refractivity contribution in [3.8, 4) is 22.0 Å². The molecule has 1 aromatic carbocycles. The quantitative estimate of drug-likeness (QED) is 0.420. The number of hydrogen-bond donors (Lipinski definition) is 3. The van der Waals surface area contributed by atoms with Gasteiger partial charge in [0.05, 0.1) is 0 Å². The first-order chi connectivity index (χ1) is 11.9. The van der Waals surface area contributed by atoms with E-state index in [1.165, 1.54) is 17.7 Å². The largest absolute Gasteiger partial charge is 0.358 e. The summed E-state index contributed by atoms with van der Waals surface area (Å²) in [5, 5.41) is 28.5. The van der Waals surface area contributed by atoms with Crippen LogP contribution in [-0.4, -0.2) is 39.6 Å². The number of imidazole rings is 1. The van der Waals surface area contributed by atoms with Crippen LogP contribution >= 0.6 is 11.3 Å². The van der Waals surface area contributed by atoms with Crippen molar-refractivity contribution in [3.05, 3.63) is 52.5 Å². The Balaban J connectivity index is 1.83. The van der Waals surface area contributed by atoms with Gasteiger partial charge in [-0.1, -0.05) is 35.5 Å². The van der Waals surface area contributed by atoms with Crippen LogP contribution in [-0.2, 0) is 6.03 Å². The molecule has 4 rings (SSSR count). The highest BCUT2D eigenvalue weighted by Gasteiger charge is 2.25. The Labute approximate surface area is 143 Å². The summed E-state index contributed by atoms with van der Waals surface area (Å²) in [4.78, 5) is 20.9. The fourth-order valence-electron chi connectivity index (χ4n) is 2.29. The maximum absolute atomic E-state index is 12.2. The lowest BCUT2D eigenvalue weighted by molar-refractivity contribution is -0.236. The zero-order chi connectivity index (χ0) is 17.6. The van der Waals surface area contributed by atoms with E-state index < -0.39 is 11.7 Å². The number of hydrogen-bond acceptors (Lipinski definition) is 9. The van der Waals surface area contributed by atoms with E-state index in [1.807, 2.05) is 30.3 Å². The Bertz CT molecular complexity index is 1110. The lowest BCUT2D eigenvalue weighted by Gasteiger charge is -2.15. The van der Waals surface area contributed by atoms with Crippen molar-refractivity contribution in [1.82, 2.24) is 29.4 Å². The Morgan fingerprint density at radius 2 is 1.96 bits per heavy atom. The number of rotatable bonds is 3. The smallest absolute Gasteiger partial charge is 0.334 e. The molecule has 11 heteroatoms. The van der Waals surface area contributed by atoms with Crippen molar-refractivity contribution in [2.24, 2.45) is 5.73 Å². The molecule has 0 saturated carbocycles. The van der Waals surface area contributed by atoms with E-state index in [0.29, 0.717) is 11.4 Å². The number of nitrogens with two attached hydrogens (primary N) is 1. The molecule has 126 valence electrons. The molecular weight excluding hydrogens is 346 g/mol. The molecule has 0 fully saturated rings. The molecular formula is C14H11N7O3S. The number of aromatic nitrogens is 6. The Hall–Kier alpha value is -2.99. The van der Waals surface area contributed by atoms with E-state index in [1.54, 1.807) is 5.38 Å². The van der Waals surface area contributed by atoms with Crippen LogP contribution in [0.3, 0.4) is 0 Å². The van der Waals surface area contributed by atoms with Gasteiger partial charge in [-0.3, -0.25) is 5.73 Å². The summed E-state index contributed by atoms with van der Waals surface area (Å²) in [6.07, 6.45) is 1.20. The minimum absolute atomic E-state index is 0.135. The van der Waals surface area contributed by atoms with Crippen molar-refractivity contribution < 1.29 is 10.2 Å². The fraction of sp³-hybridized carbons (Fsp3) is 0.0714. The molecule has 0 aliphatic rings. The highest BCUT2D eigenvalue weighted by Crippen LogP contribution is 2.29. The van der Waals surface area contributed by atoms with Gasteiger partial charge in [0, 0.05) is 10.9 Å². The standard InChI is InChI=1S/C14H11N7O3S/c15-14(23,24)21-13(22)20-7-16-10(11(20)18-19-21)9-6-25-12(17-9)8-4-2-1-3-5-8/h1-7,23-24H,15H2. The number of aliphatic hydroxyl groups is 2. The molecule has 4 aromatic rings. The van der Waals surface area contributed by atoms with Gasteiger partial charge in [-0.15, -0.1) is 21.1 Å². The maximum atomic E-state index is 12.2. The van der Waals surface area contributed by atoms with Crippen LogP contribution in [0.2, 0.25) is 0 Å². The van der Waals surface area contributed by atoms with Crippen LogP contribution in [0.4, 0.5) is 0 Å². The maximum Gasteiger partial charge on any atom is 0.358 e. The number of nitrogens with zero attached hydrogens (tertiary/aromatic N) is 6. The predicted molar refractivity (Wildman–Crippen MR) is 88.2 cm³/mol. The summed E-state index contributed by atoms with van der Waals surface area (Å²) in [5.74, 6) is 0. The summed E-state index contributed by atoms with van der Waals surface area (Å²) in [6, 6.07) is 6.68. The van der Waals surface area contributed by atoms with Gasteiger partial charge < -0.3 is 10.2 Å². The van der Waals surface area contributed by atoms with E-state index >= 15 is 0 Å². The summed E-state index contributed by atoms with van der Waals surface area (Å²) >= 11 is 1.43. The second-order valence-electron chi connectivity index (χ2n) is 5.16. The fourth-order valence-corrected chi connectivity index (χ4v) is 3.10. The van der Waals surface area contributed by atoms with Crippen LogP contribution in [0.15, 0.2) is 46.8 Å². The van der Waals surface area contributed by atoms with Crippen LogP contribution in [0.25, 0.3) is 27.6 Å². The Kier molecular flexibility index (Phi) is 3.43. The molecule has 0 spiro atoms. The molecule has 25 heavy (non-hydrogen) atoms. The monoisotopic (exact) mass is 357 g/mol. The molecule has 0 unspecified atom stereocenters. The molecule has 0 bridgehead atoms. The van der Waals surface area contributed by atoms with Crippen LogP contribution in [0.5, 0.6) is 0 Å². The molecule has 0 radical (unpaired) electrons. The van der Waals surface area contributed by atoms with E-state index in [4.69, 9.17) is 5.73 Å². The second-order valence-corrected chi connectivity index (χ2v) is 6.02. The SMILES string of the molecule is NC(O)(O)n1nnc2c(-c3csc(-c4ccccc4)n3)ncn2c1=O. The number of thiazole rings is 1. The van der Waals surface area contributed by atoms with Crippen molar-refractivity contribution in [2.45, 2.75) is 6.03 Å². The third-order valence-electron chi connectivity index (χ3n) is 3.44. The number of benzene rings is 1. The second kappa shape index (κ2) is 5.53. The highest BCUT2D eigenvalue weighted by atomic mass is 32.1. The molecule has 0 aliphatic carbocycles. The van der Waals surface area contributed by atoms with Crippen LogP contribution in [0.1, 0.15) is 0 Å². The van der Waals surface area contributed by atoms with Crippen molar-refractivity contribution >= 4 is 17.0 Å². The van der Waals surface area contributed by atoms with E-state index in [9.17, 15) is 15.0 Å². The molecule has 0 amide bonds. The third kappa shape index (κ3) is 2.60. The molecule has 0 aliphatic heterocycles. The average molecular weight is 357 g/mol. The topological polar surface area (TPSA) is 144 Å². The molecule has 0 saturated heterocycles. The summed E-state index contributed by atoms with van der Waals surface area (Å²) in [6.45, 7) is 0. The third-order valence-corrected chi connectivity index (χ3v) is 4.33. The summed E-state index contributed by atoms with van der Waals surface area (Å²) in [5.41, 5.74) is 6.15. The first-order valence-corrected chi connectivity index (χ1v) is 7.91. The van der Waals surface area contributed by atoms with Crippen molar-refractivity contribution in [3.63, 3.8) is 0 Å². The molecule has 4 N–H and O–H groups in total. The minimum atomic E-state index is -2.95. The van der Waals surface area contributed by atoms with Gasteiger partial charge >= 0.3 is 11.7 Å². The zero-order valence-electron chi connectivity index (χ0n) is 12.5. The zero-order valence-corrected chi connectivity index (χ0v) is 13.3. The molecule has 3 aromatic heterocycles. The Morgan fingerprint density at radius 3 is 2.68 bits per heavy atom. The van der Waals surface area contributed by atoms with E-state index in [-0.39, 0.29) is 10.3 Å². The summed E-state index contributed by atoms with van der Waals surface area (Å²) < 4.78 is 1.25. The highest BCUT2D eigenvalue weighted by molar-refractivity contribution is 7.13. The summed E-state index contributed by atoms with van der Waals surface area (Å²) in [7, 11) is 0. The number of fused-ring (bicyclic) bond motifs is 1. The van der Waals surface area contributed by atoms with Gasteiger partial charge in [0.15, 0.2) is 5.65 Å². The van der Waals surface area contributed by atoms with Crippen LogP contribution < -0.4 is 11.4 Å². The minimum Gasteiger partial charge on any atom is -0.334 e. The van der Waals surface area contributed by atoms with Crippen molar-refractivity contribution in [2.75, 3.05) is 0 Å². The normalized spacial score (nSPS) is 12.0. The predicted octanol–water partition coefficient (Wildman–Crippen LogP) is -0.412. The molecule has 3 heterocycles. The van der Waals surface area contributed by atoms with Gasteiger partial charge in [0.2, 0.25) is 0 Å². The lowest BCUT2D eigenvalue weighted by atomic mass is 10.2. The molecule has 0 atom stereocenters. The van der Waals surface area contributed by atoms with Gasteiger partial charge in [0.1, 0.15) is 22.7 Å². The van der Waals surface area contributed by atoms with Crippen LogP contribution in [0, 0.1) is 0 Å². The van der Waals surface area contributed by atoms with Crippen molar-refractivity contribution in [1.29, 1.82) is 0 Å². The van der Waals surface area contributed by atoms with E-state index in [2.05, 4.69) is 20.3 Å². The first kappa shape index (κ1) is 15.5. The molecule has 10 nitrogen and oxygen atoms in total. The van der Waals surface area contributed by atoms with E-state index in [0.717, 1.165) is 15.0 Å². The van der Waals surface area contributed by atoms with Gasteiger partial charge in [-0.25, -0.2) is 19.2 Å². The van der Waals surface area contributed by atoms with Gasteiger partial charge in [-0.2, -0.15) is 0 Å². The average Bonchev–Trinajstić information content (AvgIpc) is 3.21.